The van der Waals surface area contributed by atoms with E-state index < -0.39 is 44.2 Å². The molecule has 1 unspecified atom stereocenters. The molecule has 0 saturated carbocycles. The number of hydrogen-bond donors (Lipinski definition) is 0. The lowest BCUT2D eigenvalue weighted by atomic mass is 9.86. The fourth-order valence-corrected chi connectivity index (χ4v) is 8.30. The number of rotatable bonds is 10. The van der Waals surface area contributed by atoms with Gasteiger partial charge in [0.1, 0.15) is 22.6 Å². The SMILES string of the molecule is COc1ccc(CN(c2nccs2)S(=O)(=O)c2cc(F)c3c(c2)oc(=O)n3C(C)c2ccccc2C2CN(C(=O)OC(C)(C)C)C2)c(OC)c1. The molecule has 3 aromatic carbocycles. The number of aromatic nitrogens is 2. The zero-order chi connectivity index (χ0) is 36.0. The van der Waals surface area contributed by atoms with Gasteiger partial charge in [-0.1, -0.05) is 24.3 Å². The number of benzene rings is 3. The van der Waals surface area contributed by atoms with Crippen molar-refractivity contribution in [2.24, 2.45) is 0 Å². The minimum Gasteiger partial charge on any atom is -0.497 e. The number of fused-ring (bicyclic) bond motifs is 1. The highest BCUT2D eigenvalue weighted by Crippen LogP contribution is 2.37. The van der Waals surface area contributed by atoms with Crippen LogP contribution in [-0.2, 0) is 21.3 Å². The zero-order valence-electron chi connectivity index (χ0n) is 28.4. The molecule has 1 aliphatic rings. The average molecular weight is 725 g/mol. The number of halogens is 1. The van der Waals surface area contributed by atoms with E-state index in [2.05, 4.69) is 4.98 Å². The highest BCUT2D eigenvalue weighted by molar-refractivity contribution is 7.93. The van der Waals surface area contributed by atoms with Crippen LogP contribution < -0.4 is 19.5 Å². The van der Waals surface area contributed by atoms with Crippen molar-refractivity contribution < 1.29 is 36.2 Å². The van der Waals surface area contributed by atoms with E-state index in [0.717, 1.165) is 38.9 Å². The lowest BCUT2D eigenvalue weighted by Crippen LogP contribution is -2.50. The molecule has 1 aliphatic heterocycles. The van der Waals surface area contributed by atoms with Gasteiger partial charge in [0.2, 0.25) is 0 Å². The maximum atomic E-state index is 16.2. The van der Waals surface area contributed by atoms with Crippen LogP contribution in [-0.4, -0.2) is 61.9 Å². The van der Waals surface area contributed by atoms with Crippen LogP contribution in [0.25, 0.3) is 11.1 Å². The second-order valence-corrected chi connectivity index (χ2v) is 15.6. The Hall–Kier alpha value is -4.89. The third-order valence-electron chi connectivity index (χ3n) is 8.47. The minimum atomic E-state index is -4.45. The quantitative estimate of drug-likeness (QED) is 0.157. The molecule has 12 nitrogen and oxygen atoms in total. The molecule has 1 atom stereocenters. The topological polar surface area (TPSA) is 133 Å². The van der Waals surface area contributed by atoms with Crippen molar-refractivity contribution in [2.45, 2.75) is 56.7 Å². The number of likely N-dealkylation sites (tertiary alicyclic amines) is 1. The van der Waals surface area contributed by atoms with Crippen molar-refractivity contribution in [3.63, 3.8) is 0 Å². The highest BCUT2D eigenvalue weighted by Gasteiger charge is 2.37. The summed E-state index contributed by atoms with van der Waals surface area (Å²) in [4.78, 5) is 31.3. The van der Waals surface area contributed by atoms with Crippen LogP contribution in [0.5, 0.6) is 11.5 Å². The summed E-state index contributed by atoms with van der Waals surface area (Å²) in [5, 5.41) is 1.78. The Morgan fingerprint density at radius 3 is 2.52 bits per heavy atom. The summed E-state index contributed by atoms with van der Waals surface area (Å²) in [6, 6.07) is 13.8. The highest BCUT2D eigenvalue weighted by atomic mass is 32.2. The Morgan fingerprint density at radius 1 is 1.12 bits per heavy atom. The maximum absolute atomic E-state index is 16.2. The van der Waals surface area contributed by atoms with E-state index in [0.29, 0.717) is 30.2 Å². The van der Waals surface area contributed by atoms with E-state index in [9.17, 15) is 18.0 Å². The summed E-state index contributed by atoms with van der Waals surface area (Å²) < 4.78 is 68.6. The largest absolute Gasteiger partial charge is 0.497 e. The number of amides is 1. The summed E-state index contributed by atoms with van der Waals surface area (Å²) >= 11 is 1.09. The molecule has 2 aromatic heterocycles. The first-order valence-corrected chi connectivity index (χ1v) is 18.1. The lowest BCUT2D eigenvalue weighted by Gasteiger charge is -2.41. The molecule has 0 radical (unpaired) electrons. The Morgan fingerprint density at radius 2 is 1.86 bits per heavy atom. The molecule has 0 spiro atoms. The number of sulfonamides is 1. The molecule has 0 aliphatic carbocycles. The van der Waals surface area contributed by atoms with Gasteiger partial charge in [0, 0.05) is 48.3 Å². The van der Waals surface area contributed by atoms with Gasteiger partial charge >= 0.3 is 11.8 Å². The van der Waals surface area contributed by atoms with Gasteiger partial charge in [-0.15, -0.1) is 11.3 Å². The van der Waals surface area contributed by atoms with Gasteiger partial charge in [-0.2, -0.15) is 0 Å². The van der Waals surface area contributed by atoms with Gasteiger partial charge < -0.3 is 23.5 Å². The second-order valence-electron chi connectivity index (χ2n) is 12.9. The molecule has 15 heteroatoms. The molecule has 5 aromatic rings. The Balaban J connectivity index is 1.33. The molecule has 3 heterocycles. The van der Waals surface area contributed by atoms with Crippen molar-refractivity contribution in [2.75, 3.05) is 31.6 Å². The van der Waals surface area contributed by atoms with Gasteiger partial charge in [0.25, 0.3) is 10.0 Å². The normalized spacial score (nSPS) is 14.3. The number of carbonyl (C=O) groups excluding carboxylic acids is 1. The van der Waals surface area contributed by atoms with Crippen LogP contribution in [0.2, 0.25) is 0 Å². The van der Waals surface area contributed by atoms with E-state index in [-0.39, 0.29) is 28.7 Å². The predicted octanol–water partition coefficient (Wildman–Crippen LogP) is 6.55. The first-order chi connectivity index (χ1) is 23.7. The predicted molar refractivity (Wildman–Crippen MR) is 186 cm³/mol. The van der Waals surface area contributed by atoms with E-state index >= 15 is 4.39 Å². The smallest absolute Gasteiger partial charge is 0.420 e. The Labute approximate surface area is 292 Å². The number of hydrogen-bond acceptors (Lipinski definition) is 10. The summed E-state index contributed by atoms with van der Waals surface area (Å²) in [6.45, 7) is 7.83. The van der Waals surface area contributed by atoms with Crippen LogP contribution >= 0.6 is 11.3 Å². The monoisotopic (exact) mass is 724 g/mol. The van der Waals surface area contributed by atoms with Gasteiger partial charge in [-0.25, -0.2) is 31.7 Å². The van der Waals surface area contributed by atoms with Crippen molar-refractivity contribution >= 4 is 43.7 Å². The number of nitrogens with zero attached hydrogens (tertiary/aromatic N) is 4. The summed E-state index contributed by atoms with van der Waals surface area (Å²) in [7, 11) is -1.48. The average Bonchev–Trinajstić information content (AvgIpc) is 3.69. The molecule has 1 fully saturated rings. The minimum absolute atomic E-state index is 0.0298. The summed E-state index contributed by atoms with van der Waals surface area (Å²) in [5.74, 6) is -0.914. The molecule has 1 amide bonds. The molecular formula is C35H37FN4O8S2. The van der Waals surface area contributed by atoms with Gasteiger partial charge in [0.05, 0.1) is 31.7 Å². The standard InChI is InChI=1S/C35H37FN4O8S2/c1-21(26-9-7-8-10-27(26)23-18-38(19-23)33(41)48-35(2,3)4)40-31-28(36)16-25(17-30(31)47-34(40)42)50(43,44)39(32-37-13-14-49-32)20-22-11-12-24(45-5)15-29(22)46-6/h7-17,21,23H,18-20H2,1-6H3. The fraction of sp³-hybridized carbons (Fsp3) is 0.343. The number of carbonyl (C=O) groups is 1. The Kier molecular flexibility index (Phi) is 9.39. The number of ether oxygens (including phenoxy) is 3. The lowest BCUT2D eigenvalue weighted by molar-refractivity contribution is 0.00809. The third-order valence-corrected chi connectivity index (χ3v) is 11.1. The first kappa shape index (κ1) is 35.0. The number of thiazole rings is 1. The number of methoxy groups -OCH3 is 2. The summed E-state index contributed by atoms with van der Waals surface area (Å²) in [6.07, 6.45) is 1.06. The van der Waals surface area contributed by atoms with Crippen molar-refractivity contribution in [1.29, 1.82) is 0 Å². The van der Waals surface area contributed by atoms with Gasteiger partial charge in [0.15, 0.2) is 16.5 Å². The number of oxazole rings is 1. The molecule has 264 valence electrons. The van der Waals surface area contributed by atoms with Gasteiger partial charge in [-0.05, 0) is 57.0 Å². The molecule has 6 rings (SSSR count). The van der Waals surface area contributed by atoms with Crippen LogP contribution in [0.15, 0.2) is 80.3 Å². The summed E-state index contributed by atoms with van der Waals surface area (Å²) in [5.41, 5.74) is 1.14. The molecule has 50 heavy (non-hydrogen) atoms. The third kappa shape index (κ3) is 6.66. The van der Waals surface area contributed by atoms with Crippen LogP contribution in [0, 0.1) is 5.82 Å². The number of anilines is 1. The molecule has 0 bridgehead atoms. The van der Waals surface area contributed by atoms with E-state index in [1.54, 1.807) is 56.2 Å². The maximum Gasteiger partial charge on any atom is 0.420 e. The van der Waals surface area contributed by atoms with Crippen LogP contribution in [0.3, 0.4) is 0 Å². The molecular weight excluding hydrogens is 688 g/mol. The Bertz CT molecular complexity index is 2200. The van der Waals surface area contributed by atoms with Crippen molar-refractivity contribution in [3.8, 4) is 11.5 Å². The van der Waals surface area contributed by atoms with Gasteiger partial charge in [-0.3, -0.25) is 4.57 Å². The molecule has 1 saturated heterocycles. The van der Waals surface area contributed by atoms with Crippen LogP contribution in [0.4, 0.5) is 14.3 Å². The van der Waals surface area contributed by atoms with Crippen molar-refractivity contribution in [3.05, 3.63) is 99.2 Å². The van der Waals surface area contributed by atoms with Crippen molar-refractivity contribution in [1.82, 2.24) is 14.5 Å². The van der Waals surface area contributed by atoms with E-state index in [1.807, 2.05) is 24.3 Å². The van der Waals surface area contributed by atoms with E-state index in [1.165, 1.54) is 25.0 Å². The fourth-order valence-electron chi connectivity index (χ4n) is 6.01. The van der Waals surface area contributed by atoms with Crippen LogP contribution in [0.1, 0.15) is 56.3 Å². The van der Waals surface area contributed by atoms with E-state index in [4.69, 9.17) is 18.6 Å². The zero-order valence-corrected chi connectivity index (χ0v) is 30.0. The molecule has 0 N–H and O–H groups in total. The first-order valence-electron chi connectivity index (χ1n) is 15.8. The second kappa shape index (κ2) is 13.4.